The third-order valence-corrected chi connectivity index (χ3v) is 4.40. The average Bonchev–Trinajstić information content (AvgIpc) is 2.42. The predicted molar refractivity (Wildman–Crippen MR) is 80.8 cm³/mol. The lowest BCUT2D eigenvalue weighted by Gasteiger charge is -2.35. The maximum absolute atomic E-state index is 10.8. The van der Waals surface area contributed by atoms with E-state index in [1.165, 1.54) is 29.5 Å². The van der Waals surface area contributed by atoms with E-state index < -0.39 is 5.97 Å². The summed E-state index contributed by atoms with van der Waals surface area (Å²) in [7, 11) is 0. The fourth-order valence-electron chi connectivity index (χ4n) is 3.02. The molecule has 0 aliphatic carbocycles. The van der Waals surface area contributed by atoms with Crippen LogP contribution in [0.5, 0.6) is 0 Å². The summed E-state index contributed by atoms with van der Waals surface area (Å²) in [6, 6.07) is 7.08. The molecule has 1 aromatic rings. The maximum Gasteiger partial charge on any atom is 0.303 e. The Bertz CT molecular complexity index is 470. The number of aryl methyl sites for hydroxylation is 2. The van der Waals surface area contributed by atoms with E-state index in [-0.39, 0.29) is 6.42 Å². The molecule has 110 valence electrons. The average molecular weight is 275 g/mol. The van der Waals surface area contributed by atoms with Crippen LogP contribution < -0.4 is 0 Å². The van der Waals surface area contributed by atoms with Gasteiger partial charge < -0.3 is 5.11 Å². The van der Waals surface area contributed by atoms with Crippen molar-refractivity contribution in [2.24, 2.45) is 0 Å². The van der Waals surface area contributed by atoms with Crippen molar-refractivity contribution in [1.82, 2.24) is 4.90 Å². The zero-order chi connectivity index (χ0) is 14.5. The van der Waals surface area contributed by atoms with Gasteiger partial charge in [0, 0.05) is 19.0 Å². The van der Waals surface area contributed by atoms with Crippen molar-refractivity contribution < 1.29 is 9.90 Å². The molecule has 1 fully saturated rings. The summed E-state index contributed by atoms with van der Waals surface area (Å²) in [5.74, 6) is -0.679. The third-order valence-electron chi connectivity index (χ3n) is 4.40. The number of hydrogen-bond acceptors (Lipinski definition) is 2. The van der Waals surface area contributed by atoms with Gasteiger partial charge in [-0.15, -0.1) is 0 Å². The summed E-state index contributed by atoms with van der Waals surface area (Å²) < 4.78 is 0. The molecule has 0 saturated carbocycles. The van der Waals surface area contributed by atoms with Crippen LogP contribution in [0, 0.1) is 13.8 Å². The Balaban J connectivity index is 2.00. The number of hydrogen-bond donors (Lipinski definition) is 1. The van der Waals surface area contributed by atoms with Gasteiger partial charge in [-0.2, -0.15) is 0 Å². The van der Waals surface area contributed by atoms with Crippen LogP contribution >= 0.6 is 0 Å². The first-order valence-electron chi connectivity index (χ1n) is 7.58. The lowest BCUT2D eigenvalue weighted by Crippen LogP contribution is -2.39. The number of aliphatic carboxylic acids is 1. The highest BCUT2D eigenvalue weighted by Gasteiger charge is 2.22. The van der Waals surface area contributed by atoms with Crippen LogP contribution in [0.25, 0.3) is 0 Å². The van der Waals surface area contributed by atoms with Crippen molar-refractivity contribution in [3.05, 3.63) is 34.9 Å². The van der Waals surface area contributed by atoms with Crippen LogP contribution in [0.15, 0.2) is 18.2 Å². The standard InChI is InChI=1S/C17H25NO2/c1-13-6-7-15(11-14(13)2)12-18-10-4-3-5-16(18)8-9-17(19)20/h6-7,11,16H,3-5,8-10,12H2,1-2H3,(H,19,20). The fraction of sp³-hybridized carbons (Fsp3) is 0.588. The predicted octanol–water partition coefficient (Wildman–Crippen LogP) is 3.52. The lowest BCUT2D eigenvalue weighted by atomic mass is 9.96. The molecule has 1 aliphatic rings. The van der Waals surface area contributed by atoms with Crippen molar-refractivity contribution in [2.45, 2.75) is 58.5 Å². The summed E-state index contributed by atoms with van der Waals surface area (Å²) in [5, 5.41) is 8.87. The first kappa shape index (κ1) is 15.0. The molecule has 1 aliphatic heterocycles. The largest absolute Gasteiger partial charge is 0.481 e. The van der Waals surface area contributed by atoms with E-state index in [2.05, 4.69) is 36.9 Å². The summed E-state index contributed by atoms with van der Waals surface area (Å²) in [6.45, 7) is 6.33. The Morgan fingerprint density at radius 3 is 2.80 bits per heavy atom. The molecule has 1 unspecified atom stereocenters. The van der Waals surface area contributed by atoms with Gasteiger partial charge in [0.1, 0.15) is 0 Å². The molecule has 0 amide bonds. The maximum atomic E-state index is 10.8. The van der Waals surface area contributed by atoms with Gasteiger partial charge >= 0.3 is 5.97 Å². The molecule has 0 bridgehead atoms. The number of piperidine rings is 1. The van der Waals surface area contributed by atoms with Gasteiger partial charge in [-0.05, 0) is 56.3 Å². The molecule has 0 radical (unpaired) electrons. The van der Waals surface area contributed by atoms with Crippen LogP contribution in [-0.4, -0.2) is 28.6 Å². The molecular formula is C17H25NO2. The van der Waals surface area contributed by atoms with Crippen molar-refractivity contribution in [2.75, 3.05) is 6.54 Å². The van der Waals surface area contributed by atoms with Crippen molar-refractivity contribution in [3.63, 3.8) is 0 Å². The molecule has 1 saturated heterocycles. The van der Waals surface area contributed by atoms with Crippen LogP contribution in [0.1, 0.15) is 48.8 Å². The van der Waals surface area contributed by atoms with Crippen LogP contribution in [0.2, 0.25) is 0 Å². The third kappa shape index (κ3) is 4.07. The lowest BCUT2D eigenvalue weighted by molar-refractivity contribution is -0.137. The van der Waals surface area contributed by atoms with Crippen molar-refractivity contribution in [3.8, 4) is 0 Å². The molecular weight excluding hydrogens is 250 g/mol. The molecule has 3 nitrogen and oxygen atoms in total. The number of carbonyl (C=O) groups is 1. The molecule has 3 heteroatoms. The number of nitrogens with zero attached hydrogens (tertiary/aromatic N) is 1. The van der Waals surface area contributed by atoms with Crippen molar-refractivity contribution in [1.29, 1.82) is 0 Å². The normalized spacial score (nSPS) is 20.0. The second kappa shape index (κ2) is 6.89. The van der Waals surface area contributed by atoms with Gasteiger partial charge in [0.2, 0.25) is 0 Å². The zero-order valence-corrected chi connectivity index (χ0v) is 12.6. The minimum atomic E-state index is -0.679. The molecule has 1 N–H and O–H groups in total. The monoisotopic (exact) mass is 275 g/mol. The number of carboxylic acid groups (broad SMARTS) is 1. The highest BCUT2D eigenvalue weighted by Crippen LogP contribution is 2.23. The Kier molecular flexibility index (Phi) is 5.18. The van der Waals surface area contributed by atoms with E-state index in [4.69, 9.17) is 5.11 Å². The summed E-state index contributed by atoms with van der Waals surface area (Å²) in [4.78, 5) is 13.2. The number of carboxylic acids is 1. The number of likely N-dealkylation sites (tertiary alicyclic amines) is 1. The molecule has 2 rings (SSSR count). The quantitative estimate of drug-likeness (QED) is 0.893. The summed E-state index contributed by atoms with van der Waals surface area (Å²) >= 11 is 0. The van der Waals surface area contributed by atoms with E-state index in [1.807, 2.05) is 0 Å². The zero-order valence-electron chi connectivity index (χ0n) is 12.6. The van der Waals surface area contributed by atoms with Crippen LogP contribution in [-0.2, 0) is 11.3 Å². The van der Waals surface area contributed by atoms with E-state index in [1.54, 1.807) is 0 Å². The Labute approximate surface area is 121 Å². The minimum absolute atomic E-state index is 0.286. The fourth-order valence-corrected chi connectivity index (χ4v) is 3.02. The van der Waals surface area contributed by atoms with Gasteiger partial charge in [0.05, 0.1) is 0 Å². The highest BCUT2D eigenvalue weighted by atomic mass is 16.4. The Hall–Kier alpha value is -1.35. The molecule has 1 atom stereocenters. The number of rotatable bonds is 5. The smallest absolute Gasteiger partial charge is 0.303 e. The molecule has 0 spiro atoms. The molecule has 0 aromatic heterocycles. The van der Waals surface area contributed by atoms with E-state index in [9.17, 15) is 4.79 Å². The summed E-state index contributed by atoms with van der Waals surface area (Å²) in [5.41, 5.74) is 4.01. The minimum Gasteiger partial charge on any atom is -0.481 e. The van der Waals surface area contributed by atoms with E-state index >= 15 is 0 Å². The van der Waals surface area contributed by atoms with E-state index in [0.717, 1.165) is 25.9 Å². The second-order valence-corrected chi connectivity index (χ2v) is 5.97. The molecule has 1 aromatic carbocycles. The van der Waals surface area contributed by atoms with Crippen LogP contribution in [0.3, 0.4) is 0 Å². The molecule has 20 heavy (non-hydrogen) atoms. The van der Waals surface area contributed by atoms with Gasteiger partial charge in [0.25, 0.3) is 0 Å². The molecule has 1 heterocycles. The Morgan fingerprint density at radius 2 is 2.10 bits per heavy atom. The van der Waals surface area contributed by atoms with Gasteiger partial charge in [-0.3, -0.25) is 9.69 Å². The second-order valence-electron chi connectivity index (χ2n) is 5.97. The van der Waals surface area contributed by atoms with Crippen LogP contribution in [0.4, 0.5) is 0 Å². The van der Waals surface area contributed by atoms with Crippen molar-refractivity contribution >= 4 is 5.97 Å². The highest BCUT2D eigenvalue weighted by molar-refractivity contribution is 5.66. The first-order chi connectivity index (χ1) is 9.56. The van der Waals surface area contributed by atoms with E-state index in [0.29, 0.717) is 6.04 Å². The number of benzene rings is 1. The first-order valence-corrected chi connectivity index (χ1v) is 7.58. The SMILES string of the molecule is Cc1ccc(CN2CCCCC2CCC(=O)O)cc1C. The van der Waals surface area contributed by atoms with Gasteiger partial charge in [-0.25, -0.2) is 0 Å². The van der Waals surface area contributed by atoms with Gasteiger partial charge in [0.15, 0.2) is 0 Å². The topological polar surface area (TPSA) is 40.5 Å². The summed E-state index contributed by atoms with van der Waals surface area (Å²) in [6.07, 6.45) is 4.66. The van der Waals surface area contributed by atoms with Gasteiger partial charge in [-0.1, -0.05) is 24.6 Å². The Morgan fingerprint density at radius 1 is 1.30 bits per heavy atom.